The number of benzene rings is 1. The third-order valence-electron chi connectivity index (χ3n) is 2.42. The van der Waals surface area contributed by atoms with Crippen LogP contribution in [0.3, 0.4) is 0 Å². The average Bonchev–Trinajstić information content (AvgIpc) is 2.72. The van der Waals surface area contributed by atoms with E-state index in [1.807, 2.05) is 6.07 Å². The van der Waals surface area contributed by atoms with E-state index < -0.39 is 11.7 Å². The Morgan fingerprint density at radius 2 is 2.16 bits per heavy atom. The fourth-order valence-electron chi connectivity index (χ4n) is 1.51. The zero-order chi connectivity index (χ0) is 14.0. The number of nitrogens with zero attached hydrogens (tertiary/aromatic N) is 3. The average molecular weight is 258 g/mol. The molecule has 1 amide bonds. The molecule has 1 aromatic heterocycles. The van der Waals surface area contributed by atoms with Crippen LogP contribution in [0.1, 0.15) is 15.9 Å². The Morgan fingerprint density at radius 1 is 1.42 bits per heavy atom. The summed E-state index contributed by atoms with van der Waals surface area (Å²) in [5, 5.41) is 33.7. The molecule has 0 aliphatic heterocycles. The minimum absolute atomic E-state index is 0.141. The van der Waals surface area contributed by atoms with Crippen LogP contribution in [0.25, 0.3) is 0 Å². The molecule has 0 saturated carbocycles. The van der Waals surface area contributed by atoms with Crippen LogP contribution < -0.4 is 5.32 Å². The van der Waals surface area contributed by atoms with E-state index in [0.29, 0.717) is 0 Å². The maximum atomic E-state index is 11.9. The highest BCUT2D eigenvalue weighted by Gasteiger charge is 2.13. The molecule has 19 heavy (non-hydrogen) atoms. The molecular formula is C12H10N4O3. The zero-order valence-corrected chi connectivity index (χ0v) is 9.95. The van der Waals surface area contributed by atoms with Gasteiger partial charge in [-0.2, -0.15) is 10.4 Å². The molecule has 0 spiro atoms. The van der Waals surface area contributed by atoms with Gasteiger partial charge >= 0.3 is 0 Å². The molecule has 0 unspecified atom stereocenters. The van der Waals surface area contributed by atoms with Crippen LogP contribution in [-0.4, -0.2) is 25.9 Å². The SMILES string of the molecule is Cn1cc(C#N)c(NC(=O)c2ccc(O)c(O)c2)n1. The molecule has 0 saturated heterocycles. The van der Waals surface area contributed by atoms with Gasteiger partial charge in [-0.15, -0.1) is 0 Å². The molecule has 0 bridgehead atoms. The second-order valence-electron chi connectivity index (χ2n) is 3.83. The number of aromatic hydroxyl groups is 2. The van der Waals surface area contributed by atoms with Gasteiger partial charge in [0.2, 0.25) is 0 Å². The van der Waals surface area contributed by atoms with Crippen LogP contribution in [0.5, 0.6) is 11.5 Å². The van der Waals surface area contributed by atoms with Crippen LogP contribution in [-0.2, 0) is 7.05 Å². The standard InChI is InChI=1S/C12H10N4O3/c1-16-6-8(5-13)11(15-16)14-12(19)7-2-3-9(17)10(18)4-7/h2-4,6,17-18H,1H3,(H,14,15,19). The van der Waals surface area contributed by atoms with E-state index in [-0.39, 0.29) is 22.7 Å². The smallest absolute Gasteiger partial charge is 0.257 e. The zero-order valence-electron chi connectivity index (χ0n) is 9.95. The molecule has 7 heteroatoms. The van der Waals surface area contributed by atoms with Crippen molar-refractivity contribution in [1.82, 2.24) is 9.78 Å². The van der Waals surface area contributed by atoms with Crippen molar-refractivity contribution in [2.45, 2.75) is 0 Å². The van der Waals surface area contributed by atoms with Gasteiger partial charge in [-0.25, -0.2) is 0 Å². The lowest BCUT2D eigenvalue weighted by atomic mass is 10.2. The van der Waals surface area contributed by atoms with E-state index in [0.717, 1.165) is 6.07 Å². The number of nitriles is 1. The van der Waals surface area contributed by atoms with E-state index in [9.17, 15) is 9.90 Å². The summed E-state index contributed by atoms with van der Waals surface area (Å²) in [6.07, 6.45) is 1.48. The van der Waals surface area contributed by atoms with Gasteiger partial charge in [0.05, 0.1) is 0 Å². The highest BCUT2D eigenvalue weighted by atomic mass is 16.3. The monoisotopic (exact) mass is 258 g/mol. The van der Waals surface area contributed by atoms with Crippen molar-refractivity contribution in [3.63, 3.8) is 0 Å². The first kappa shape index (κ1) is 12.4. The first-order valence-corrected chi connectivity index (χ1v) is 5.28. The number of aromatic nitrogens is 2. The van der Waals surface area contributed by atoms with Crippen molar-refractivity contribution in [1.29, 1.82) is 5.26 Å². The van der Waals surface area contributed by atoms with Gasteiger partial charge in [-0.05, 0) is 18.2 Å². The lowest BCUT2D eigenvalue weighted by Crippen LogP contribution is -2.13. The summed E-state index contributed by atoms with van der Waals surface area (Å²) >= 11 is 0. The van der Waals surface area contributed by atoms with Crippen LogP contribution in [0, 0.1) is 11.3 Å². The van der Waals surface area contributed by atoms with Gasteiger partial charge in [0.1, 0.15) is 11.6 Å². The van der Waals surface area contributed by atoms with Crippen LogP contribution in [0.4, 0.5) is 5.82 Å². The number of phenolic OH excluding ortho intramolecular Hbond substituents is 2. The Balaban J connectivity index is 2.26. The number of rotatable bonds is 2. The van der Waals surface area contributed by atoms with E-state index in [1.165, 1.54) is 23.0 Å². The van der Waals surface area contributed by atoms with Gasteiger partial charge in [0.25, 0.3) is 5.91 Å². The van der Waals surface area contributed by atoms with Gasteiger partial charge in [0, 0.05) is 18.8 Å². The molecule has 7 nitrogen and oxygen atoms in total. The topological polar surface area (TPSA) is 111 Å². The molecular weight excluding hydrogens is 248 g/mol. The minimum Gasteiger partial charge on any atom is -0.504 e. The number of phenols is 2. The highest BCUT2D eigenvalue weighted by Crippen LogP contribution is 2.25. The summed E-state index contributed by atoms with van der Waals surface area (Å²) in [6.45, 7) is 0. The number of anilines is 1. The molecule has 1 aromatic carbocycles. The molecule has 0 atom stereocenters. The number of hydrogen-bond donors (Lipinski definition) is 3. The molecule has 0 radical (unpaired) electrons. The predicted octanol–water partition coefficient (Wildman–Crippen LogP) is 0.955. The molecule has 0 aliphatic carbocycles. The maximum absolute atomic E-state index is 11.9. The lowest BCUT2D eigenvalue weighted by molar-refractivity contribution is 0.102. The van der Waals surface area contributed by atoms with Gasteiger partial charge in [-0.1, -0.05) is 0 Å². The second kappa shape index (κ2) is 4.70. The maximum Gasteiger partial charge on any atom is 0.257 e. The number of carbonyl (C=O) groups is 1. The van der Waals surface area contributed by atoms with Crippen LogP contribution >= 0.6 is 0 Å². The summed E-state index contributed by atoms with van der Waals surface area (Å²) in [5.41, 5.74) is 0.378. The van der Waals surface area contributed by atoms with Crippen molar-refractivity contribution in [2.24, 2.45) is 7.05 Å². The fourth-order valence-corrected chi connectivity index (χ4v) is 1.51. The van der Waals surface area contributed by atoms with E-state index in [4.69, 9.17) is 10.4 Å². The Labute approximate surface area is 108 Å². The number of amides is 1. The fraction of sp³-hybridized carbons (Fsp3) is 0.0833. The van der Waals surface area contributed by atoms with Gasteiger partial charge in [0.15, 0.2) is 17.3 Å². The normalized spacial score (nSPS) is 9.89. The number of hydrogen-bond acceptors (Lipinski definition) is 5. The molecule has 1 heterocycles. The summed E-state index contributed by atoms with van der Waals surface area (Å²) in [5.74, 6) is -1.10. The van der Waals surface area contributed by atoms with Crippen molar-refractivity contribution < 1.29 is 15.0 Å². The predicted molar refractivity (Wildman–Crippen MR) is 65.6 cm³/mol. The van der Waals surface area contributed by atoms with Gasteiger partial charge in [-0.3, -0.25) is 9.48 Å². The summed E-state index contributed by atoms with van der Waals surface area (Å²) in [7, 11) is 1.63. The number of carbonyl (C=O) groups excluding carboxylic acids is 1. The molecule has 96 valence electrons. The summed E-state index contributed by atoms with van der Waals surface area (Å²) in [6, 6.07) is 5.58. The van der Waals surface area contributed by atoms with Crippen molar-refractivity contribution >= 4 is 11.7 Å². The summed E-state index contributed by atoms with van der Waals surface area (Å²) in [4.78, 5) is 11.9. The molecule has 2 aromatic rings. The molecule has 3 N–H and O–H groups in total. The lowest BCUT2D eigenvalue weighted by Gasteiger charge is -2.04. The van der Waals surface area contributed by atoms with E-state index >= 15 is 0 Å². The number of aryl methyl sites for hydroxylation is 1. The van der Waals surface area contributed by atoms with Gasteiger partial charge < -0.3 is 15.5 Å². The Hall–Kier alpha value is -3.01. The third kappa shape index (κ3) is 2.47. The molecule has 0 fully saturated rings. The first-order chi connectivity index (χ1) is 9.01. The molecule has 2 rings (SSSR count). The number of nitrogens with one attached hydrogen (secondary N) is 1. The van der Waals surface area contributed by atoms with Crippen LogP contribution in [0.2, 0.25) is 0 Å². The van der Waals surface area contributed by atoms with Crippen molar-refractivity contribution in [3.05, 3.63) is 35.5 Å². The first-order valence-electron chi connectivity index (χ1n) is 5.28. The molecule has 0 aliphatic rings. The van der Waals surface area contributed by atoms with Crippen molar-refractivity contribution in [2.75, 3.05) is 5.32 Å². The largest absolute Gasteiger partial charge is 0.504 e. The van der Waals surface area contributed by atoms with Crippen molar-refractivity contribution in [3.8, 4) is 17.6 Å². The van der Waals surface area contributed by atoms with E-state index in [2.05, 4.69) is 10.4 Å². The van der Waals surface area contributed by atoms with E-state index in [1.54, 1.807) is 7.05 Å². The highest BCUT2D eigenvalue weighted by molar-refractivity contribution is 6.04. The summed E-state index contributed by atoms with van der Waals surface area (Å²) < 4.78 is 1.41. The Morgan fingerprint density at radius 3 is 2.79 bits per heavy atom. The Kier molecular flexibility index (Phi) is 3.08. The Bertz CT molecular complexity index is 685. The quantitative estimate of drug-likeness (QED) is 0.694. The van der Waals surface area contributed by atoms with Crippen LogP contribution in [0.15, 0.2) is 24.4 Å². The minimum atomic E-state index is -0.537. The second-order valence-corrected chi connectivity index (χ2v) is 3.83. The third-order valence-corrected chi connectivity index (χ3v) is 2.42.